The second-order valence-electron chi connectivity index (χ2n) is 4.00. The highest BCUT2D eigenvalue weighted by Gasteiger charge is 2.16. The summed E-state index contributed by atoms with van der Waals surface area (Å²) in [6, 6.07) is 3.20. The molecule has 0 aliphatic rings. The summed E-state index contributed by atoms with van der Waals surface area (Å²) in [6.45, 7) is 0. The molecule has 3 rings (SSSR count). The third-order valence-corrected chi connectivity index (χ3v) is 2.75. The number of nitrogens with one attached hydrogen (secondary N) is 1. The van der Waals surface area contributed by atoms with Gasteiger partial charge in [-0.1, -0.05) is 0 Å². The zero-order valence-corrected chi connectivity index (χ0v) is 9.74. The standard InChI is InChI=1S/C12H6F4N4/c13-7-2-1-5(3-6(7)10(14)15)8-4-17-9-11(16)19-20-12(9)18-8/h1-4,10H,(H,18,19,20). The Hall–Kier alpha value is -2.51. The van der Waals surface area contributed by atoms with Crippen LogP contribution in [-0.2, 0) is 0 Å². The van der Waals surface area contributed by atoms with Gasteiger partial charge in [0, 0.05) is 5.56 Å². The Morgan fingerprint density at radius 3 is 2.70 bits per heavy atom. The number of aromatic amines is 1. The third-order valence-electron chi connectivity index (χ3n) is 2.75. The van der Waals surface area contributed by atoms with Gasteiger partial charge in [0.1, 0.15) is 5.82 Å². The first kappa shape index (κ1) is 12.5. The van der Waals surface area contributed by atoms with Crippen molar-refractivity contribution in [3.05, 3.63) is 41.7 Å². The maximum atomic E-state index is 13.2. The lowest BCUT2D eigenvalue weighted by molar-refractivity contribution is 0.146. The van der Waals surface area contributed by atoms with E-state index in [2.05, 4.69) is 20.2 Å². The predicted octanol–water partition coefficient (Wildman–Crippen LogP) is 3.24. The van der Waals surface area contributed by atoms with Gasteiger partial charge in [0.05, 0.1) is 17.5 Å². The monoisotopic (exact) mass is 282 g/mol. The number of alkyl halides is 2. The van der Waals surface area contributed by atoms with Gasteiger partial charge in [0.15, 0.2) is 5.52 Å². The summed E-state index contributed by atoms with van der Waals surface area (Å²) < 4.78 is 51.6. The lowest BCUT2D eigenvalue weighted by Crippen LogP contribution is -1.94. The first-order valence-electron chi connectivity index (χ1n) is 5.51. The summed E-state index contributed by atoms with van der Waals surface area (Å²) in [5.74, 6) is -1.73. The fourth-order valence-corrected chi connectivity index (χ4v) is 1.78. The van der Waals surface area contributed by atoms with Gasteiger partial charge in [0.25, 0.3) is 6.43 Å². The fraction of sp³-hybridized carbons (Fsp3) is 0.0833. The van der Waals surface area contributed by atoms with Crippen LogP contribution in [0.5, 0.6) is 0 Å². The lowest BCUT2D eigenvalue weighted by atomic mass is 10.1. The summed E-state index contributed by atoms with van der Waals surface area (Å²) in [7, 11) is 0. The van der Waals surface area contributed by atoms with Crippen molar-refractivity contribution < 1.29 is 17.6 Å². The van der Waals surface area contributed by atoms with Crippen LogP contribution in [0.25, 0.3) is 22.4 Å². The Morgan fingerprint density at radius 1 is 1.15 bits per heavy atom. The molecule has 0 atom stereocenters. The molecular formula is C12H6F4N4. The van der Waals surface area contributed by atoms with Crippen LogP contribution in [-0.4, -0.2) is 20.2 Å². The first-order valence-corrected chi connectivity index (χ1v) is 5.51. The van der Waals surface area contributed by atoms with Crippen LogP contribution in [0.1, 0.15) is 12.0 Å². The van der Waals surface area contributed by atoms with Gasteiger partial charge in [-0.3, -0.25) is 0 Å². The number of aromatic nitrogens is 4. The molecule has 0 saturated carbocycles. The van der Waals surface area contributed by atoms with E-state index in [1.54, 1.807) is 0 Å². The van der Waals surface area contributed by atoms with Gasteiger partial charge in [-0.05, 0) is 18.2 Å². The summed E-state index contributed by atoms with van der Waals surface area (Å²) in [5, 5.41) is 5.66. The summed E-state index contributed by atoms with van der Waals surface area (Å²) in [6.07, 6.45) is -1.72. The number of benzene rings is 1. The van der Waals surface area contributed by atoms with Crippen LogP contribution < -0.4 is 0 Å². The molecule has 2 aromatic heterocycles. The van der Waals surface area contributed by atoms with Crippen molar-refractivity contribution >= 4 is 11.2 Å². The molecule has 0 saturated heterocycles. The minimum absolute atomic E-state index is 0.0166. The van der Waals surface area contributed by atoms with Crippen molar-refractivity contribution in [2.75, 3.05) is 0 Å². The van der Waals surface area contributed by atoms with E-state index in [1.807, 2.05) is 0 Å². The van der Waals surface area contributed by atoms with Gasteiger partial charge < -0.3 is 0 Å². The number of H-pyrrole nitrogens is 1. The normalized spacial score (nSPS) is 11.4. The van der Waals surface area contributed by atoms with E-state index in [1.165, 1.54) is 12.3 Å². The molecule has 3 aromatic rings. The van der Waals surface area contributed by atoms with Crippen LogP contribution >= 0.6 is 0 Å². The quantitative estimate of drug-likeness (QED) is 0.734. The molecule has 0 aliphatic carbocycles. The summed E-state index contributed by atoms with van der Waals surface area (Å²) in [4.78, 5) is 7.79. The van der Waals surface area contributed by atoms with Crippen molar-refractivity contribution in [1.29, 1.82) is 0 Å². The molecule has 0 bridgehead atoms. The van der Waals surface area contributed by atoms with Crippen LogP contribution in [0.4, 0.5) is 17.6 Å². The third kappa shape index (κ3) is 1.98. The number of nitrogens with zero attached hydrogens (tertiary/aromatic N) is 3. The fourth-order valence-electron chi connectivity index (χ4n) is 1.78. The Labute approximate surface area is 109 Å². The Bertz CT molecular complexity index is 784. The first-order chi connectivity index (χ1) is 9.56. The maximum Gasteiger partial charge on any atom is 0.266 e. The average molecular weight is 282 g/mol. The van der Waals surface area contributed by atoms with Crippen LogP contribution in [0.2, 0.25) is 0 Å². The van der Waals surface area contributed by atoms with Crippen LogP contribution in [0.15, 0.2) is 24.4 Å². The highest BCUT2D eigenvalue weighted by atomic mass is 19.3. The second-order valence-corrected chi connectivity index (χ2v) is 4.00. The van der Waals surface area contributed by atoms with E-state index in [-0.39, 0.29) is 22.4 Å². The summed E-state index contributed by atoms with van der Waals surface area (Å²) in [5.41, 5.74) is -0.309. The van der Waals surface area contributed by atoms with E-state index in [4.69, 9.17) is 0 Å². The zero-order chi connectivity index (χ0) is 14.3. The van der Waals surface area contributed by atoms with Gasteiger partial charge in [-0.15, -0.1) is 0 Å². The van der Waals surface area contributed by atoms with Crippen molar-refractivity contribution in [2.45, 2.75) is 6.43 Å². The molecule has 1 aromatic carbocycles. The van der Waals surface area contributed by atoms with Crippen LogP contribution in [0.3, 0.4) is 0 Å². The highest BCUT2D eigenvalue weighted by Crippen LogP contribution is 2.27. The zero-order valence-electron chi connectivity index (χ0n) is 9.74. The molecule has 8 heteroatoms. The number of fused-ring (bicyclic) bond motifs is 1. The number of hydrogen-bond donors (Lipinski definition) is 1. The lowest BCUT2D eigenvalue weighted by Gasteiger charge is -2.05. The molecule has 0 unspecified atom stereocenters. The molecule has 1 N–H and O–H groups in total. The summed E-state index contributed by atoms with van der Waals surface area (Å²) >= 11 is 0. The Morgan fingerprint density at radius 2 is 1.95 bits per heavy atom. The molecule has 0 amide bonds. The largest absolute Gasteiger partial charge is 0.266 e. The van der Waals surface area contributed by atoms with Crippen molar-refractivity contribution in [3.8, 4) is 11.3 Å². The molecule has 4 nitrogen and oxygen atoms in total. The van der Waals surface area contributed by atoms with Crippen LogP contribution in [0, 0.1) is 11.8 Å². The molecule has 0 radical (unpaired) electrons. The molecule has 0 aliphatic heterocycles. The highest BCUT2D eigenvalue weighted by molar-refractivity contribution is 5.73. The van der Waals surface area contributed by atoms with Gasteiger partial charge in [0.2, 0.25) is 11.6 Å². The second kappa shape index (κ2) is 4.55. The molecule has 0 spiro atoms. The molecular weight excluding hydrogens is 276 g/mol. The Kier molecular flexibility index (Phi) is 2.85. The predicted molar refractivity (Wildman–Crippen MR) is 62.0 cm³/mol. The molecule has 2 heterocycles. The average Bonchev–Trinajstić information content (AvgIpc) is 2.80. The SMILES string of the molecule is Fc1ccc(-c2cnc3c(F)[nH]nc3n2)cc1C(F)F. The maximum absolute atomic E-state index is 13.2. The van der Waals surface area contributed by atoms with Crippen molar-refractivity contribution in [2.24, 2.45) is 0 Å². The molecule has 102 valence electrons. The number of halogens is 4. The molecule has 20 heavy (non-hydrogen) atoms. The van der Waals surface area contributed by atoms with Crippen molar-refractivity contribution in [3.63, 3.8) is 0 Å². The van der Waals surface area contributed by atoms with E-state index in [0.717, 1.165) is 12.1 Å². The minimum atomic E-state index is -2.94. The number of rotatable bonds is 2. The van der Waals surface area contributed by atoms with E-state index >= 15 is 0 Å². The van der Waals surface area contributed by atoms with E-state index < -0.39 is 23.8 Å². The number of hydrogen-bond acceptors (Lipinski definition) is 3. The smallest absolute Gasteiger partial charge is 0.249 e. The van der Waals surface area contributed by atoms with Crippen molar-refractivity contribution in [1.82, 2.24) is 20.2 Å². The Balaban J connectivity index is 2.12. The molecule has 0 fully saturated rings. The minimum Gasteiger partial charge on any atom is -0.249 e. The van der Waals surface area contributed by atoms with E-state index in [9.17, 15) is 17.6 Å². The van der Waals surface area contributed by atoms with Gasteiger partial charge >= 0.3 is 0 Å². The van der Waals surface area contributed by atoms with Gasteiger partial charge in [-0.25, -0.2) is 28.2 Å². The van der Waals surface area contributed by atoms with Gasteiger partial charge in [-0.2, -0.15) is 9.49 Å². The van der Waals surface area contributed by atoms with E-state index in [0.29, 0.717) is 0 Å². The topological polar surface area (TPSA) is 54.5 Å².